The van der Waals surface area contributed by atoms with Crippen LogP contribution < -0.4 is 15.2 Å². The van der Waals surface area contributed by atoms with Gasteiger partial charge in [-0.2, -0.15) is 4.98 Å². The zero-order valence-electron chi connectivity index (χ0n) is 12.2. The van der Waals surface area contributed by atoms with Gasteiger partial charge in [-0.15, -0.1) is 0 Å². The van der Waals surface area contributed by atoms with Gasteiger partial charge in [0.05, 0.1) is 6.04 Å². The molecular formula is C15H19N3O3. The third-order valence-corrected chi connectivity index (χ3v) is 3.30. The van der Waals surface area contributed by atoms with Crippen LogP contribution in [0, 0.1) is 5.92 Å². The molecule has 0 aliphatic carbocycles. The number of fused-ring (bicyclic) bond motifs is 1. The van der Waals surface area contributed by atoms with Gasteiger partial charge in [-0.05, 0) is 24.5 Å². The first kappa shape index (κ1) is 13.9. The van der Waals surface area contributed by atoms with Crippen LogP contribution in [0.3, 0.4) is 0 Å². The van der Waals surface area contributed by atoms with Gasteiger partial charge in [0.15, 0.2) is 17.6 Å². The minimum absolute atomic E-state index is 0.247. The maximum Gasteiger partial charge on any atom is 0.243 e. The molecule has 0 bridgehead atoms. The molecule has 6 heteroatoms. The van der Waals surface area contributed by atoms with Crippen molar-refractivity contribution in [2.45, 2.75) is 32.4 Å². The maximum absolute atomic E-state index is 6.05. The van der Waals surface area contributed by atoms with Crippen LogP contribution in [0.1, 0.15) is 44.1 Å². The summed E-state index contributed by atoms with van der Waals surface area (Å²) < 4.78 is 16.7. The van der Waals surface area contributed by atoms with E-state index in [1.165, 1.54) is 0 Å². The van der Waals surface area contributed by atoms with Gasteiger partial charge in [0, 0.05) is 0 Å². The number of hydrogen-bond acceptors (Lipinski definition) is 6. The lowest BCUT2D eigenvalue weighted by atomic mass is 10.0. The molecule has 0 saturated heterocycles. The molecule has 0 spiro atoms. The number of nitrogens with zero attached hydrogens (tertiary/aromatic N) is 2. The molecule has 0 radical (unpaired) electrons. The highest BCUT2D eigenvalue weighted by Gasteiger charge is 2.27. The number of rotatable bonds is 4. The number of aromatic nitrogens is 2. The number of nitrogens with two attached hydrogens (primary N) is 1. The predicted octanol–water partition coefficient (Wildman–Crippen LogP) is 2.63. The lowest BCUT2D eigenvalue weighted by Gasteiger charge is -2.24. The van der Waals surface area contributed by atoms with Crippen LogP contribution in [-0.2, 0) is 0 Å². The maximum atomic E-state index is 6.05. The average molecular weight is 289 g/mol. The van der Waals surface area contributed by atoms with Gasteiger partial charge < -0.3 is 19.7 Å². The molecule has 1 aliphatic rings. The molecule has 2 N–H and O–H groups in total. The molecule has 2 aromatic rings. The monoisotopic (exact) mass is 289 g/mol. The molecule has 0 fully saturated rings. The summed E-state index contributed by atoms with van der Waals surface area (Å²) in [6.07, 6.45) is 0.426. The van der Waals surface area contributed by atoms with Crippen molar-refractivity contribution < 1.29 is 14.0 Å². The zero-order chi connectivity index (χ0) is 14.8. The molecule has 1 aromatic carbocycles. The molecule has 112 valence electrons. The van der Waals surface area contributed by atoms with Crippen molar-refractivity contribution in [2.24, 2.45) is 11.7 Å². The normalized spacial score (nSPS) is 18.8. The zero-order valence-corrected chi connectivity index (χ0v) is 12.2. The van der Waals surface area contributed by atoms with E-state index >= 15 is 0 Å². The number of benzene rings is 1. The van der Waals surface area contributed by atoms with Crippen LogP contribution in [0.4, 0.5) is 0 Å². The molecule has 2 atom stereocenters. The van der Waals surface area contributed by atoms with Crippen LogP contribution >= 0.6 is 0 Å². The van der Waals surface area contributed by atoms with E-state index in [2.05, 4.69) is 24.0 Å². The SMILES string of the molecule is CC(C)C[C@@H](N)c1nc(C2COc3ccccc3O2)no1. The molecule has 1 aromatic heterocycles. The van der Waals surface area contributed by atoms with Crippen molar-refractivity contribution in [1.82, 2.24) is 10.1 Å². The molecule has 1 unspecified atom stereocenters. The molecule has 21 heavy (non-hydrogen) atoms. The third-order valence-electron chi connectivity index (χ3n) is 3.30. The lowest BCUT2D eigenvalue weighted by Crippen LogP contribution is -2.22. The van der Waals surface area contributed by atoms with E-state index in [1.54, 1.807) is 0 Å². The van der Waals surface area contributed by atoms with Gasteiger partial charge in [-0.25, -0.2) is 0 Å². The summed E-state index contributed by atoms with van der Waals surface area (Å²) in [5.41, 5.74) is 6.05. The van der Waals surface area contributed by atoms with E-state index in [1.807, 2.05) is 24.3 Å². The van der Waals surface area contributed by atoms with E-state index in [0.29, 0.717) is 30.0 Å². The smallest absolute Gasteiger partial charge is 0.243 e. The average Bonchev–Trinajstić information content (AvgIpc) is 2.96. The Balaban J connectivity index is 1.73. The van der Waals surface area contributed by atoms with Crippen molar-refractivity contribution in [3.05, 3.63) is 36.0 Å². The Kier molecular flexibility index (Phi) is 3.79. The van der Waals surface area contributed by atoms with E-state index in [0.717, 1.165) is 12.2 Å². The largest absolute Gasteiger partial charge is 0.485 e. The molecule has 0 amide bonds. The highest BCUT2D eigenvalue weighted by Crippen LogP contribution is 2.35. The second kappa shape index (κ2) is 5.73. The van der Waals surface area contributed by atoms with Crippen LogP contribution in [0.25, 0.3) is 0 Å². The summed E-state index contributed by atoms with van der Waals surface area (Å²) in [6.45, 7) is 4.56. The highest BCUT2D eigenvalue weighted by atomic mass is 16.6. The van der Waals surface area contributed by atoms with E-state index in [4.69, 9.17) is 19.7 Å². The Labute approximate surface area is 123 Å². The van der Waals surface area contributed by atoms with Gasteiger partial charge in [-0.3, -0.25) is 0 Å². The molecule has 3 rings (SSSR count). The Morgan fingerprint density at radius 3 is 2.81 bits per heavy atom. The first-order valence-electron chi connectivity index (χ1n) is 7.11. The van der Waals surface area contributed by atoms with E-state index < -0.39 is 0 Å². The molecule has 6 nitrogen and oxygen atoms in total. The van der Waals surface area contributed by atoms with Crippen molar-refractivity contribution in [2.75, 3.05) is 6.61 Å². The van der Waals surface area contributed by atoms with Gasteiger partial charge in [0.25, 0.3) is 0 Å². The Hall–Kier alpha value is -2.08. The van der Waals surface area contributed by atoms with E-state index in [9.17, 15) is 0 Å². The Morgan fingerprint density at radius 2 is 2.05 bits per heavy atom. The first-order valence-corrected chi connectivity index (χ1v) is 7.11. The van der Waals surface area contributed by atoms with Crippen molar-refractivity contribution in [3.8, 4) is 11.5 Å². The van der Waals surface area contributed by atoms with Crippen molar-refractivity contribution in [1.29, 1.82) is 0 Å². The van der Waals surface area contributed by atoms with E-state index in [-0.39, 0.29) is 12.1 Å². The van der Waals surface area contributed by atoms with Crippen LogP contribution in [0.5, 0.6) is 11.5 Å². The quantitative estimate of drug-likeness (QED) is 0.931. The summed E-state index contributed by atoms with van der Waals surface area (Å²) in [5.74, 6) is 2.80. The molecular weight excluding hydrogens is 270 g/mol. The predicted molar refractivity (Wildman–Crippen MR) is 76.0 cm³/mol. The Morgan fingerprint density at radius 1 is 1.29 bits per heavy atom. The van der Waals surface area contributed by atoms with Gasteiger partial charge in [-0.1, -0.05) is 31.1 Å². The summed E-state index contributed by atoms with van der Waals surface area (Å²) in [7, 11) is 0. The number of ether oxygens (including phenoxy) is 2. The van der Waals surface area contributed by atoms with Crippen LogP contribution in [-0.4, -0.2) is 16.7 Å². The summed E-state index contributed by atoms with van der Waals surface area (Å²) >= 11 is 0. The second-order valence-corrected chi connectivity index (χ2v) is 5.59. The summed E-state index contributed by atoms with van der Waals surface area (Å²) in [6, 6.07) is 7.27. The van der Waals surface area contributed by atoms with Crippen LogP contribution in [0.15, 0.2) is 28.8 Å². The summed E-state index contributed by atoms with van der Waals surface area (Å²) in [4.78, 5) is 4.35. The van der Waals surface area contributed by atoms with Crippen LogP contribution in [0.2, 0.25) is 0 Å². The minimum Gasteiger partial charge on any atom is -0.485 e. The fourth-order valence-electron chi connectivity index (χ4n) is 2.28. The molecule has 0 saturated carbocycles. The van der Waals surface area contributed by atoms with Crippen molar-refractivity contribution in [3.63, 3.8) is 0 Å². The summed E-state index contributed by atoms with van der Waals surface area (Å²) in [5, 5.41) is 3.97. The molecule has 1 aliphatic heterocycles. The first-order chi connectivity index (χ1) is 10.1. The fraction of sp³-hybridized carbons (Fsp3) is 0.467. The second-order valence-electron chi connectivity index (χ2n) is 5.59. The van der Waals surface area contributed by atoms with Gasteiger partial charge in [0.2, 0.25) is 11.7 Å². The van der Waals surface area contributed by atoms with Gasteiger partial charge >= 0.3 is 0 Å². The highest BCUT2D eigenvalue weighted by molar-refractivity contribution is 5.40. The lowest BCUT2D eigenvalue weighted by molar-refractivity contribution is 0.0832. The standard InChI is InChI=1S/C15H19N3O3/c1-9(2)7-10(16)15-17-14(18-21-15)13-8-19-11-5-3-4-6-12(11)20-13/h3-6,9-10,13H,7-8,16H2,1-2H3/t10-,13?/m1/s1. The number of hydrogen-bond donors (Lipinski definition) is 1. The molecule has 2 heterocycles. The number of para-hydroxylation sites is 2. The Bertz CT molecular complexity index is 612. The fourth-order valence-corrected chi connectivity index (χ4v) is 2.28. The third kappa shape index (κ3) is 3.00. The minimum atomic E-state index is -0.372. The topological polar surface area (TPSA) is 83.4 Å². The van der Waals surface area contributed by atoms with Crippen molar-refractivity contribution >= 4 is 0 Å². The van der Waals surface area contributed by atoms with Gasteiger partial charge in [0.1, 0.15) is 6.61 Å².